The van der Waals surface area contributed by atoms with Gasteiger partial charge in [-0.25, -0.2) is 0 Å². The van der Waals surface area contributed by atoms with E-state index in [-0.39, 0.29) is 6.79 Å². The van der Waals surface area contributed by atoms with Gasteiger partial charge in [0.1, 0.15) is 11.7 Å². The molecule has 1 heterocycles. The minimum absolute atomic E-state index is 0.102. The lowest BCUT2D eigenvalue weighted by Crippen LogP contribution is -2.47. The van der Waals surface area contributed by atoms with Crippen LogP contribution in [0.15, 0.2) is 30.3 Å². The summed E-state index contributed by atoms with van der Waals surface area (Å²) in [5.41, 5.74) is 0.0979. The van der Waals surface area contributed by atoms with Crippen molar-refractivity contribution in [2.75, 3.05) is 42.3 Å². The Morgan fingerprint density at radius 2 is 1.61 bits per heavy atom. The number of hydrogen-bond donors (Lipinski definition) is 1. The average Bonchev–Trinajstić information content (AvgIpc) is 3.26. The van der Waals surface area contributed by atoms with Crippen molar-refractivity contribution in [3.8, 4) is 28.7 Å². The highest BCUT2D eigenvalue weighted by Gasteiger charge is 2.41. The van der Waals surface area contributed by atoms with Gasteiger partial charge in [0.2, 0.25) is 12.5 Å². The number of rotatable bonds is 10. The second-order valence-electron chi connectivity index (χ2n) is 7.38. The monoisotopic (exact) mass is 434 g/mol. The SMILES string of the molecule is COc1ccc(CC(OC)C(OC)C(C)(O)c2cc(OC)c3c(c2)OCO3)cc1OC. The topological polar surface area (TPSA) is 84.8 Å². The molecule has 8 heteroatoms. The molecular weight excluding hydrogens is 404 g/mol. The van der Waals surface area contributed by atoms with Crippen LogP contribution in [-0.4, -0.2) is 59.7 Å². The first-order valence-corrected chi connectivity index (χ1v) is 9.86. The van der Waals surface area contributed by atoms with Crippen LogP contribution < -0.4 is 23.7 Å². The molecule has 0 radical (unpaired) electrons. The number of ether oxygens (including phenoxy) is 7. The highest BCUT2D eigenvalue weighted by atomic mass is 16.7. The van der Waals surface area contributed by atoms with E-state index in [2.05, 4.69) is 0 Å². The maximum atomic E-state index is 11.6. The van der Waals surface area contributed by atoms with E-state index >= 15 is 0 Å². The van der Waals surface area contributed by atoms with E-state index in [9.17, 15) is 5.11 Å². The number of methoxy groups -OCH3 is 5. The molecule has 0 aromatic heterocycles. The summed E-state index contributed by atoms with van der Waals surface area (Å²) in [5, 5.41) is 11.6. The van der Waals surface area contributed by atoms with E-state index in [1.807, 2.05) is 18.2 Å². The molecule has 3 unspecified atom stereocenters. The molecule has 1 aliphatic heterocycles. The quantitative estimate of drug-likeness (QED) is 0.611. The molecule has 170 valence electrons. The molecule has 2 aromatic carbocycles. The van der Waals surface area contributed by atoms with Crippen LogP contribution in [-0.2, 0) is 21.5 Å². The van der Waals surface area contributed by atoms with Crippen LogP contribution in [0, 0.1) is 0 Å². The lowest BCUT2D eigenvalue weighted by Gasteiger charge is -2.37. The van der Waals surface area contributed by atoms with Gasteiger partial charge in [0, 0.05) is 20.6 Å². The van der Waals surface area contributed by atoms with Gasteiger partial charge in [-0.1, -0.05) is 6.07 Å². The maximum absolute atomic E-state index is 11.6. The lowest BCUT2D eigenvalue weighted by molar-refractivity contribution is -0.146. The van der Waals surface area contributed by atoms with Crippen molar-refractivity contribution >= 4 is 0 Å². The third kappa shape index (κ3) is 4.51. The summed E-state index contributed by atoms with van der Waals surface area (Å²) in [7, 11) is 7.86. The summed E-state index contributed by atoms with van der Waals surface area (Å²) in [6, 6.07) is 9.11. The molecule has 0 aliphatic carbocycles. The van der Waals surface area contributed by atoms with Gasteiger partial charge in [0.15, 0.2) is 23.0 Å². The van der Waals surface area contributed by atoms with Crippen molar-refractivity contribution in [1.29, 1.82) is 0 Å². The zero-order chi connectivity index (χ0) is 22.6. The van der Waals surface area contributed by atoms with Gasteiger partial charge in [-0.3, -0.25) is 0 Å². The Bertz CT molecular complexity index is 895. The van der Waals surface area contributed by atoms with Gasteiger partial charge in [0.25, 0.3) is 0 Å². The van der Waals surface area contributed by atoms with E-state index in [4.69, 9.17) is 33.2 Å². The average molecular weight is 434 g/mol. The van der Waals surface area contributed by atoms with Crippen LogP contribution in [0.2, 0.25) is 0 Å². The predicted octanol–water partition coefficient (Wildman–Crippen LogP) is 2.92. The number of hydrogen-bond acceptors (Lipinski definition) is 8. The molecule has 0 fully saturated rings. The van der Waals surface area contributed by atoms with E-state index in [1.165, 1.54) is 0 Å². The second kappa shape index (κ2) is 9.64. The standard InChI is InChI=1S/C23H30O8/c1-23(24,15-11-18(27-4)21-19(12-15)30-13-31-21)22(29-6)20(28-5)10-14-7-8-16(25-2)17(9-14)26-3/h7-9,11-12,20,22,24H,10,13H2,1-6H3. The molecule has 3 atom stereocenters. The van der Waals surface area contributed by atoms with Gasteiger partial charge < -0.3 is 38.3 Å². The molecule has 2 aromatic rings. The Morgan fingerprint density at radius 1 is 0.903 bits per heavy atom. The van der Waals surface area contributed by atoms with Gasteiger partial charge in [0.05, 0.1) is 27.4 Å². The third-order valence-corrected chi connectivity index (χ3v) is 5.58. The van der Waals surface area contributed by atoms with E-state index < -0.39 is 17.8 Å². The summed E-state index contributed by atoms with van der Waals surface area (Å²) < 4.78 is 38.6. The summed E-state index contributed by atoms with van der Waals surface area (Å²) >= 11 is 0. The zero-order valence-electron chi connectivity index (χ0n) is 18.8. The number of benzene rings is 2. The molecular formula is C23H30O8. The molecule has 8 nitrogen and oxygen atoms in total. The number of aliphatic hydroxyl groups is 1. The van der Waals surface area contributed by atoms with Crippen LogP contribution in [0.5, 0.6) is 28.7 Å². The molecule has 1 N–H and O–H groups in total. The van der Waals surface area contributed by atoms with E-state index in [0.29, 0.717) is 40.7 Å². The highest BCUT2D eigenvalue weighted by molar-refractivity contribution is 5.56. The Labute approximate surface area is 182 Å². The lowest BCUT2D eigenvalue weighted by atomic mass is 9.84. The van der Waals surface area contributed by atoms with E-state index in [1.54, 1.807) is 54.6 Å². The normalized spacial score (nSPS) is 16.4. The smallest absolute Gasteiger partial charge is 0.231 e. The maximum Gasteiger partial charge on any atom is 0.231 e. The van der Waals surface area contributed by atoms with Crippen molar-refractivity contribution in [3.05, 3.63) is 41.5 Å². The van der Waals surface area contributed by atoms with Gasteiger partial charge in [-0.2, -0.15) is 0 Å². The molecule has 3 rings (SSSR count). The summed E-state index contributed by atoms with van der Waals surface area (Å²) in [4.78, 5) is 0. The molecule has 0 saturated carbocycles. The van der Waals surface area contributed by atoms with Gasteiger partial charge in [-0.15, -0.1) is 0 Å². The Balaban J connectivity index is 1.91. The molecule has 31 heavy (non-hydrogen) atoms. The van der Waals surface area contributed by atoms with Gasteiger partial charge >= 0.3 is 0 Å². The fourth-order valence-corrected chi connectivity index (χ4v) is 3.88. The van der Waals surface area contributed by atoms with Crippen LogP contribution >= 0.6 is 0 Å². The van der Waals surface area contributed by atoms with E-state index in [0.717, 1.165) is 5.56 Å². The Kier molecular flexibility index (Phi) is 7.15. The van der Waals surface area contributed by atoms with Crippen LogP contribution in [0.3, 0.4) is 0 Å². The minimum Gasteiger partial charge on any atom is -0.493 e. The molecule has 0 spiro atoms. The fourth-order valence-electron chi connectivity index (χ4n) is 3.88. The summed E-state index contributed by atoms with van der Waals surface area (Å²) in [6.45, 7) is 1.78. The molecule has 1 aliphatic rings. The number of fused-ring (bicyclic) bond motifs is 1. The minimum atomic E-state index is -1.42. The molecule has 0 saturated heterocycles. The van der Waals surface area contributed by atoms with Gasteiger partial charge in [-0.05, 0) is 42.3 Å². The first-order chi connectivity index (χ1) is 14.9. The van der Waals surface area contributed by atoms with Crippen molar-refractivity contribution < 1.29 is 38.3 Å². The highest BCUT2D eigenvalue weighted by Crippen LogP contribution is 2.45. The van der Waals surface area contributed by atoms with Crippen molar-refractivity contribution in [2.45, 2.75) is 31.2 Å². The molecule has 0 bridgehead atoms. The fraction of sp³-hybridized carbons (Fsp3) is 0.478. The van der Waals surface area contributed by atoms with Crippen molar-refractivity contribution in [1.82, 2.24) is 0 Å². The van der Waals surface area contributed by atoms with Crippen LogP contribution in [0.4, 0.5) is 0 Å². The Hall–Kier alpha value is -2.68. The van der Waals surface area contributed by atoms with Crippen molar-refractivity contribution in [2.24, 2.45) is 0 Å². The van der Waals surface area contributed by atoms with Crippen molar-refractivity contribution in [3.63, 3.8) is 0 Å². The predicted molar refractivity (Wildman–Crippen MR) is 114 cm³/mol. The third-order valence-electron chi connectivity index (χ3n) is 5.58. The summed E-state index contributed by atoms with van der Waals surface area (Å²) in [5.74, 6) is 2.77. The largest absolute Gasteiger partial charge is 0.493 e. The van der Waals surface area contributed by atoms with Crippen LogP contribution in [0.25, 0.3) is 0 Å². The van der Waals surface area contributed by atoms with Crippen LogP contribution in [0.1, 0.15) is 18.1 Å². The summed E-state index contributed by atoms with van der Waals surface area (Å²) in [6.07, 6.45) is -0.682. The molecule has 0 amide bonds. The second-order valence-corrected chi connectivity index (χ2v) is 7.38. The zero-order valence-corrected chi connectivity index (χ0v) is 18.8. The first-order valence-electron chi connectivity index (χ1n) is 9.86. The first kappa shape index (κ1) is 23.0. The Morgan fingerprint density at radius 3 is 2.23 bits per heavy atom.